The summed E-state index contributed by atoms with van der Waals surface area (Å²) in [6.45, 7) is 2.39. The van der Waals surface area contributed by atoms with E-state index >= 15 is 0 Å². The van der Waals surface area contributed by atoms with Crippen molar-refractivity contribution in [2.75, 3.05) is 20.3 Å². The average molecular weight is 283 g/mol. The second-order valence-electron chi connectivity index (χ2n) is 3.86. The Bertz CT molecular complexity index is 501. The zero-order chi connectivity index (χ0) is 12.8. The Morgan fingerprint density at radius 1 is 1.39 bits per heavy atom. The number of rotatable bonds is 6. The van der Waals surface area contributed by atoms with Crippen LogP contribution in [0.15, 0.2) is 30.3 Å². The summed E-state index contributed by atoms with van der Waals surface area (Å²) >= 11 is 7.48. The minimum absolute atomic E-state index is 0.722. The van der Waals surface area contributed by atoms with E-state index in [1.54, 1.807) is 7.11 Å². The smallest absolute Gasteiger partial charge is 0.0844 e. The van der Waals surface area contributed by atoms with E-state index in [1.807, 2.05) is 24.3 Å². The standard InChI is InChI=1S/C13H15ClN2OS/c1-17-6-5-15-9-12-8-13(16-18-12)10-3-2-4-11(14)7-10/h2-4,7-8,15H,5-6,9H2,1H3. The fraction of sp³-hybridized carbons (Fsp3) is 0.308. The molecule has 18 heavy (non-hydrogen) atoms. The van der Waals surface area contributed by atoms with Crippen molar-refractivity contribution in [3.63, 3.8) is 0 Å². The van der Waals surface area contributed by atoms with E-state index in [1.165, 1.54) is 16.4 Å². The third kappa shape index (κ3) is 3.78. The van der Waals surface area contributed by atoms with Crippen LogP contribution in [0, 0.1) is 0 Å². The first kappa shape index (κ1) is 13.5. The second kappa shape index (κ2) is 6.85. The van der Waals surface area contributed by atoms with Crippen LogP contribution in [0.1, 0.15) is 4.88 Å². The molecule has 2 rings (SSSR count). The summed E-state index contributed by atoms with van der Waals surface area (Å²) in [6, 6.07) is 9.84. The van der Waals surface area contributed by atoms with Gasteiger partial charge in [0.05, 0.1) is 12.3 Å². The average Bonchev–Trinajstić information content (AvgIpc) is 2.83. The van der Waals surface area contributed by atoms with Crippen LogP contribution in [0.2, 0.25) is 5.02 Å². The monoisotopic (exact) mass is 282 g/mol. The first-order chi connectivity index (χ1) is 8.79. The van der Waals surface area contributed by atoms with Crippen molar-refractivity contribution in [2.24, 2.45) is 0 Å². The van der Waals surface area contributed by atoms with E-state index in [9.17, 15) is 0 Å². The Morgan fingerprint density at radius 2 is 2.28 bits per heavy atom. The molecule has 0 bridgehead atoms. The van der Waals surface area contributed by atoms with Gasteiger partial charge < -0.3 is 10.1 Å². The van der Waals surface area contributed by atoms with Gasteiger partial charge in [0.15, 0.2) is 0 Å². The highest BCUT2D eigenvalue weighted by atomic mass is 35.5. The van der Waals surface area contributed by atoms with Gasteiger partial charge in [-0.25, -0.2) is 0 Å². The molecule has 1 heterocycles. The van der Waals surface area contributed by atoms with Gasteiger partial charge in [0.2, 0.25) is 0 Å². The van der Waals surface area contributed by atoms with Crippen molar-refractivity contribution in [1.82, 2.24) is 9.69 Å². The molecule has 1 aromatic heterocycles. The van der Waals surface area contributed by atoms with E-state index < -0.39 is 0 Å². The lowest BCUT2D eigenvalue weighted by molar-refractivity contribution is 0.199. The van der Waals surface area contributed by atoms with Crippen LogP contribution in [0.4, 0.5) is 0 Å². The summed E-state index contributed by atoms with van der Waals surface area (Å²) in [4.78, 5) is 1.21. The Labute approximate surface area is 116 Å². The number of ether oxygens (including phenoxy) is 1. The molecule has 0 aliphatic rings. The maximum Gasteiger partial charge on any atom is 0.0844 e. The lowest BCUT2D eigenvalue weighted by atomic mass is 10.1. The maximum absolute atomic E-state index is 5.97. The summed E-state index contributed by atoms with van der Waals surface area (Å²) in [5, 5.41) is 4.03. The molecule has 0 spiro atoms. The highest BCUT2D eigenvalue weighted by molar-refractivity contribution is 7.06. The number of halogens is 1. The summed E-state index contributed by atoms with van der Waals surface area (Å²) in [6.07, 6.45) is 0. The Balaban J connectivity index is 1.97. The van der Waals surface area contributed by atoms with Crippen LogP contribution in [-0.2, 0) is 11.3 Å². The number of hydrogen-bond acceptors (Lipinski definition) is 4. The highest BCUT2D eigenvalue weighted by Crippen LogP contribution is 2.24. The third-order valence-corrected chi connectivity index (χ3v) is 3.48. The molecule has 0 atom stereocenters. The van der Waals surface area contributed by atoms with Crippen LogP contribution < -0.4 is 5.32 Å². The molecule has 1 N–H and O–H groups in total. The van der Waals surface area contributed by atoms with Crippen molar-refractivity contribution < 1.29 is 4.74 Å². The van der Waals surface area contributed by atoms with Gasteiger partial charge in [-0.15, -0.1) is 0 Å². The maximum atomic E-state index is 5.97. The van der Waals surface area contributed by atoms with Gasteiger partial charge in [-0.2, -0.15) is 4.37 Å². The molecular weight excluding hydrogens is 268 g/mol. The number of nitrogens with one attached hydrogen (secondary N) is 1. The third-order valence-electron chi connectivity index (χ3n) is 2.46. The Hall–Kier alpha value is -0.940. The first-order valence-electron chi connectivity index (χ1n) is 5.71. The molecule has 0 aliphatic heterocycles. The molecule has 0 saturated carbocycles. The second-order valence-corrected chi connectivity index (χ2v) is 5.18. The minimum Gasteiger partial charge on any atom is -0.383 e. The molecule has 5 heteroatoms. The predicted octanol–water partition coefficient (Wildman–Crippen LogP) is 3.20. The molecular formula is C13H15ClN2OS. The number of methoxy groups -OCH3 is 1. The normalized spacial score (nSPS) is 10.8. The summed E-state index contributed by atoms with van der Waals surface area (Å²) in [5.41, 5.74) is 2.04. The van der Waals surface area contributed by atoms with Crippen molar-refractivity contribution in [3.8, 4) is 11.3 Å². The number of nitrogens with zero attached hydrogens (tertiary/aromatic N) is 1. The zero-order valence-electron chi connectivity index (χ0n) is 10.1. The van der Waals surface area contributed by atoms with Crippen LogP contribution in [-0.4, -0.2) is 24.6 Å². The SMILES string of the molecule is COCCNCc1cc(-c2cccc(Cl)c2)ns1. The van der Waals surface area contributed by atoms with Gasteiger partial charge in [-0.3, -0.25) is 0 Å². The summed E-state index contributed by atoms with van der Waals surface area (Å²) in [7, 11) is 1.70. The van der Waals surface area contributed by atoms with E-state index in [2.05, 4.69) is 15.8 Å². The van der Waals surface area contributed by atoms with Crippen molar-refractivity contribution in [2.45, 2.75) is 6.54 Å². The molecule has 1 aromatic carbocycles. The van der Waals surface area contributed by atoms with E-state index in [4.69, 9.17) is 16.3 Å². The molecule has 0 unspecified atom stereocenters. The van der Waals surface area contributed by atoms with Crippen molar-refractivity contribution in [1.29, 1.82) is 0 Å². The van der Waals surface area contributed by atoms with Gasteiger partial charge >= 0.3 is 0 Å². The molecule has 0 radical (unpaired) electrons. The number of aromatic nitrogens is 1. The largest absolute Gasteiger partial charge is 0.383 e. The van der Waals surface area contributed by atoms with E-state index in [-0.39, 0.29) is 0 Å². The Morgan fingerprint density at radius 3 is 3.06 bits per heavy atom. The lowest BCUT2D eigenvalue weighted by Gasteiger charge is -2.00. The molecule has 3 nitrogen and oxygen atoms in total. The van der Waals surface area contributed by atoms with Gasteiger partial charge in [-0.1, -0.05) is 23.7 Å². The first-order valence-corrected chi connectivity index (χ1v) is 6.86. The van der Waals surface area contributed by atoms with Gasteiger partial charge in [-0.05, 0) is 29.7 Å². The highest BCUT2D eigenvalue weighted by Gasteiger charge is 2.04. The van der Waals surface area contributed by atoms with E-state index in [0.29, 0.717) is 0 Å². The quantitative estimate of drug-likeness (QED) is 0.826. The fourth-order valence-electron chi connectivity index (χ4n) is 1.57. The molecule has 0 fully saturated rings. The van der Waals surface area contributed by atoms with Crippen molar-refractivity contribution >= 4 is 23.1 Å². The summed E-state index contributed by atoms with van der Waals surface area (Å²) in [5.74, 6) is 0. The van der Waals surface area contributed by atoms with Crippen molar-refractivity contribution in [3.05, 3.63) is 40.2 Å². The molecule has 2 aromatic rings. The number of hydrogen-bond donors (Lipinski definition) is 1. The molecule has 0 saturated heterocycles. The van der Waals surface area contributed by atoms with Gasteiger partial charge in [0, 0.05) is 35.7 Å². The summed E-state index contributed by atoms with van der Waals surface area (Å²) < 4.78 is 9.42. The minimum atomic E-state index is 0.722. The lowest BCUT2D eigenvalue weighted by Crippen LogP contribution is -2.17. The van der Waals surface area contributed by atoms with Crippen LogP contribution in [0.3, 0.4) is 0 Å². The Kier molecular flexibility index (Phi) is 5.13. The molecule has 0 amide bonds. The fourth-order valence-corrected chi connectivity index (χ4v) is 2.46. The predicted molar refractivity (Wildman–Crippen MR) is 76.1 cm³/mol. The van der Waals surface area contributed by atoms with Crippen LogP contribution in [0.5, 0.6) is 0 Å². The molecule has 0 aliphatic carbocycles. The van der Waals surface area contributed by atoms with E-state index in [0.717, 1.165) is 36.0 Å². The number of benzene rings is 1. The van der Waals surface area contributed by atoms with Gasteiger partial charge in [0.25, 0.3) is 0 Å². The van der Waals surface area contributed by atoms with Gasteiger partial charge in [0.1, 0.15) is 0 Å². The molecule has 96 valence electrons. The zero-order valence-corrected chi connectivity index (χ0v) is 11.7. The topological polar surface area (TPSA) is 34.1 Å². The van der Waals surface area contributed by atoms with Crippen LogP contribution >= 0.6 is 23.1 Å². The van der Waals surface area contributed by atoms with Crippen LogP contribution in [0.25, 0.3) is 11.3 Å².